The fourth-order valence-corrected chi connectivity index (χ4v) is 2.55. The van der Waals surface area contributed by atoms with Gasteiger partial charge in [0.2, 0.25) is 0 Å². The van der Waals surface area contributed by atoms with Gasteiger partial charge in [0.1, 0.15) is 11.5 Å². The number of carbonyl (C=O) groups is 2. The van der Waals surface area contributed by atoms with Gasteiger partial charge in [-0.05, 0) is 80.1 Å². The van der Waals surface area contributed by atoms with Gasteiger partial charge in [-0.1, -0.05) is 0 Å². The molecule has 0 heterocycles. The van der Waals surface area contributed by atoms with Crippen LogP contribution in [0.25, 0.3) is 0 Å². The van der Waals surface area contributed by atoms with Crippen molar-refractivity contribution in [1.82, 2.24) is 0 Å². The summed E-state index contributed by atoms with van der Waals surface area (Å²) in [7, 11) is 2.72. The molecule has 1 N–H and O–H groups in total. The van der Waals surface area contributed by atoms with Gasteiger partial charge in [0.15, 0.2) is 0 Å². The predicted molar refractivity (Wildman–Crippen MR) is 105 cm³/mol. The molecule has 1 fully saturated rings. The summed E-state index contributed by atoms with van der Waals surface area (Å²) < 4.78 is 14.8. The zero-order chi connectivity index (χ0) is 20.7. The van der Waals surface area contributed by atoms with Crippen LogP contribution in [0.3, 0.4) is 0 Å². The number of ether oxygens (including phenoxy) is 3. The normalized spacial score (nSPS) is 12.4. The molecule has 0 atom stereocenters. The highest BCUT2D eigenvalue weighted by molar-refractivity contribution is 5.91. The summed E-state index contributed by atoms with van der Waals surface area (Å²) in [6.07, 6.45) is 2.55. The lowest BCUT2D eigenvalue weighted by molar-refractivity contribution is 0.0591. The molecule has 0 aromatic heterocycles. The van der Waals surface area contributed by atoms with Gasteiger partial charge in [0, 0.05) is 0 Å². The van der Waals surface area contributed by atoms with E-state index < -0.39 is 0 Å². The molecule has 6 heteroatoms. The lowest BCUT2D eigenvalue weighted by atomic mass is 10.1. The van der Waals surface area contributed by atoms with Crippen molar-refractivity contribution in [1.29, 1.82) is 0 Å². The standard InChI is InChI=1S/C13H16O3.C9H10O3/c1-9-7-11(16-8-10-3-4-10)5-6-12(9)13(14)15-2;1-6-5-7(10)3-4-8(6)9(11)12-2/h5-7,10H,3-4,8H2,1-2H3;3-5,10H,1-2H3. The molecule has 6 nitrogen and oxygen atoms in total. The Bertz CT molecular complexity index is 839. The first-order valence-electron chi connectivity index (χ1n) is 9.05. The van der Waals surface area contributed by atoms with Gasteiger partial charge >= 0.3 is 11.9 Å². The molecule has 1 aliphatic carbocycles. The Labute approximate surface area is 165 Å². The van der Waals surface area contributed by atoms with Crippen LogP contribution in [0.15, 0.2) is 36.4 Å². The zero-order valence-electron chi connectivity index (χ0n) is 16.7. The number of hydrogen-bond acceptors (Lipinski definition) is 6. The maximum Gasteiger partial charge on any atom is 0.338 e. The van der Waals surface area contributed by atoms with Gasteiger partial charge in [-0.3, -0.25) is 0 Å². The molecular formula is C22H26O6. The van der Waals surface area contributed by atoms with Gasteiger partial charge in [-0.15, -0.1) is 0 Å². The van der Waals surface area contributed by atoms with Crippen molar-refractivity contribution in [2.75, 3.05) is 20.8 Å². The second-order valence-electron chi connectivity index (χ2n) is 6.71. The van der Waals surface area contributed by atoms with Crippen molar-refractivity contribution in [2.24, 2.45) is 5.92 Å². The molecule has 2 aromatic carbocycles. The molecule has 1 aliphatic rings. The van der Waals surface area contributed by atoms with E-state index in [0.29, 0.717) is 16.7 Å². The first-order valence-corrected chi connectivity index (χ1v) is 9.05. The number of aryl methyl sites for hydroxylation is 2. The third-order valence-corrected chi connectivity index (χ3v) is 4.40. The molecule has 0 aliphatic heterocycles. The molecule has 0 radical (unpaired) electrons. The minimum Gasteiger partial charge on any atom is -0.508 e. The van der Waals surface area contributed by atoms with E-state index in [1.165, 1.54) is 45.3 Å². The van der Waals surface area contributed by atoms with Crippen LogP contribution in [0.2, 0.25) is 0 Å². The number of benzene rings is 2. The van der Waals surface area contributed by atoms with Crippen molar-refractivity contribution in [3.05, 3.63) is 58.7 Å². The van der Waals surface area contributed by atoms with Crippen LogP contribution in [0, 0.1) is 19.8 Å². The molecule has 2 aromatic rings. The number of carbonyl (C=O) groups excluding carboxylic acids is 2. The van der Waals surface area contributed by atoms with Crippen molar-refractivity contribution >= 4 is 11.9 Å². The van der Waals surface area contributed by atoms with Gasteiger partial charge in [0.05, 0.1) is 32.0 Å². The van der Waals surface area contributed by atoms with Crippen LogP contribution in [-0.4, -0.2) is 37.9 Å². The fourth-order valence-electron chi connectivity index (χ4n) is 2.55. The number of aromatic hydroxyl groups is 1. The summed E-state index contributed by atoms with van der Waals surface area (Å²) >= 11 is 0. The molecule has 0 amide bonds. The molecule has 0 bridgehead atoms. The van der Waals surface area contributed by atoms with Crippen LogP contribution < -0.4 is 4.74 Å². The maximum absolute atomic E-state index is 11.4. The Morgan fingerprint density at radius 3 is 1.93 bits per heavy atom. The highest BCUT2D eigenvalue weighted by atomic mass is 16.5. The van der Waals surface area contributed by atoms with Crippen molar-refractivity contribution < 1.29 is 28.9 Å². The third kappa shape index (κ3) is 6.01. The van der Waals surface area contributed by atoms with E-state index in [-0.39, 0.29) is 17.7 Å². The van der Waals surface area contributed by atoms with E-state index in [1.54, 1.807) is 13.0 Å². The van der Waals surface area contributed by atoms with Gasteiger partial charge in [-0.2, -0.15) is 0 Å². The Morgan fingerprint density at radius 1 is 0.929 bits per heavy atom. The lowest BCUT2D eigenvalue weighted by Gasteiger charge is -2.08. The molecule has 28 heavy (non-hydrogen) atoms. The topological polar surface area (TPSA) is 82.1 Å². The fraction of sp³-hybridized carbons (Fsp3) is 0.364. The number of phenolic OH excluding ortho intramolecular Hbond substituents is 1. The number of phenols is 1. The SMILES string of the molecule is COC(=O)c1ccc(O)cc1C.COC(=O)c1ccc(OCC2CC2)cc1C. The molecule has 150 valence electrons. The maximum atomic E-state index is 11.4. The summed E-state index contributed by atoms with van der Waals surface area (Å²) in [4.78, 5) is 22.4. The lowest BCUT2D eigenvalue weighted by Crippen LogP contribution is -2.05. The molecular weight excluding hydrogens is 360 g/mol. The third-order valence-electron chi connectivity index (χ3n) is 4.40. The number of methoxy groups -OCH3 is 2. The monoisotopic (exact) mass is 386 g/mol. The van der Waals surface area contributed by atoms with E-state index in [4.69, 9.17) is 9.84 Å². The van der Waals surface area contributed by atoms with Crippen molar-refractivity contribution in [3.8, 4) is 11.5 Å². The largest absolute Gasteiger partial charge is 0.508 e. The summed E-state index contributed by atoms with van der Waals surface area (Å²) in [6, 6.07) is 9.97. The van der Waals surface area contributed by atoms with Crippen LogP contribution in [-0.2, 0) is 9.47 Å². The average Bonchev–Trinajstić information content (AvgIpc) is 3.50. The van der Waals surface area contributed by atoms with Gasteiger partial charge in [-0.25, -0.2) is 9.59 Å². The zero-order valence-corrected chi connectivity index (χ0v) is 16.7. The second kappa shape index (κ2) is 9.78. The van der Waals surface area contributed by atoms with Crippen LogP contribution in [0.4, 0.5) is 0 Å². The van der Waals surface area contributed by atoms with Crippen molar-refractivity contribution in [2.45, 2.75) is 26.7 Å². The Hall–Kier alpha value is -3.02. The molecule has 1 saturated carbocycles. The number of esters is 2. The highest BCUT2D eigenvalue weighted by Gasteiger charge is 2.22. The summed E-state index contributed by atoms with van der Waals surface area (Å²) in [5, 5.41) is 9.04. The van der Waals surface area contributed by atoms with E-state index in [9.17, 15) is 9.59 Å². The number of rotatable bonds is 5. The van der Waals surface area contributed by atoms with Gasteiger partial charge in [0.25, 0.3) is 0 Å². The van der Waals surface area contributed by atoms with Crippen LogP contribution in [0.5, 0.6) is 11.5 Å². The van der Waals surface area contributed by atoms with E-state index in [2.05, 4.69) is 9.47 Å². The summed E-state index contributed by atoms with van der Waals surface area (Å²) in [5.74, 6) is 1.04. The Morgan fingerprint density at radius 2 is 1.46 bits per heavy atom. The predicted octanol–water partition coefficient (Wildman–Crippen LogP) is 4.06. The highest BCUT2D eigenvalue weighted by Crippen LogP contribution is 2.30. The average molecular weight is 386 g/mol. The van der Waals surface area contributed by atoms with E-state index in [1.807, 2.05) is 19.1 Å². The Balaban J connectivity index is 0.000000209. The summed E-state index contributed by atoms with van der Waals surface area (Å²) in [5.41, 5.74) is 2.68. The molecule has 3 rings (SSSR count). The van der Waals surface area contributed by atoms with E-state index in [0.717, 1.165) is 23.8 Å². The summed E-state index contributed by atoms with van der Waals surface area (Å²) in [6.45, 7) is 4.42. The van der Waals surface area contributed by atoms with Gasteiger partial charge < -0.3 is 19.3 Å². The van der Waals surface area contributed by atoms with Crippen LogP contribution in [0.1, 0.15) is 44.7 Å². The quantitative estimate of drug-likeness (QED) is 0.781. The number of hydrogen-bond donors (Lipinski definition) is 1. The molecule has 0 saturated heterocycles. The smallest absolute Gasteiger partial charge is 0.338 e. The first kappa shape index (κ1) is 21.3. The minimum absolute atomic E-state index is 0.153. The van der Waals surface area contributed by atoms with E-state index >= 15 is 0 Å². The molecule has 0 unspecified atom stereocenters. The Kier molecular flexibility index (Phi) is 7.44. The second-order valence-corrected chi connectivity index (χ2v) is 6.71. The molecule has 0 spiro atoms. The van der Waals surface area contributed by atoms with Crippen LogP contribution >= 0.6 is 0 Å². The minimum atomic E-state index is -0.382. The first-order chi connectivity index (χ1) is 13.3. The van der Waals surface area contributed by atoms with Crippen molar-refractivity contribution in [3.63, 3.8) is 0 Å².